The Balaban J connectivity index is 2.50. The minimum atomic E-state index is -1.05. The van der Waals surface area contributed by atoms with Gasteiger partial charge in [0.05, 0.1) is 0 Å². The Hall–Kier alpha value is -2.24. The van der Waals surface area contributed by atoms with Gasteiger partial charge in [0.25, 0.3) is 0 Å². The van der Waals surface area contributed by atoms with Gasteiger partial charge in [-0.25, -0.2) is 19.7 Å². The van der Waals surface area contributed by atoms with Crippen LogP contribution in [0.15, 0.2) is 18.9 Å². The van der Waals surface area contributed by atoms with E-state index in [1.165, 1.54) is 18.9 Å². The van der Waals surface area contributed by atoms with Crippen molar-refractivity contribution in [2.75, 3.05) is 0 Å². The highest BCUT2D eigenvalue weighted by Crippen LogP contribution is 2.12. The molecule has 0 amide bonds. The van der Waals surface area contributed by atoms with Gasteiger partial charge in [0.1, 0.15) is 18.5 Å². The molecule has 2 aromatic rings. The van der Waals surface area contributed by atoms with Crippen LogP contribution in [0.3, 0.4) is 0 Å². The van der Waals surface area contributed by atoms with Crippen molar-refractivity contribution in [3.05, 3.63) is 35.8 Å². The minimum Gasteiger partial charge on any atom is -0.476 e. The first-order valence-electron chi connectivity index (χ1n) is 4.65. The number of carboxylic acids is 1. The van der Waals surface area contributed by atoms with E-state index in [4.69, 9.17) is 5.11 Å². The van der Waals surface area contributed by atoms with E-state index in [1.807, 2.05) is 13.8 Å². The lowest BCUT2D eigenvalue weighted by molar-refractivity contribution is 0.0691. The summed E-state index contributed by atoms with van der Waals surface area (Å²) in [6.07, 6.45) is 4.30. The Labute approximate surface area is 91.6 Å². The highest BCUT2D eigenvalue weighted by molar-refractivity contribution is 5.85. The summed E-state index contributed by atoms with van der Waals surface area (Å²) in [5, 5.41) is 8.76. The number of aromatic nitrogens is 4. The maximum Gasteiger partial charge on any atom is 0.356 e. The second-order valence-corrected chi connectivity index (χ2v) is 3.38. The van der Waals surface area contributed by atoms with Gasteiger partial charge in [0.15, 0.2) is 5.69 Å². The number of nitrogens with zero attached hydrogens (tertiary/aromatic N) is 4. The third-order valence-electron chi connectivity index (χ3n) is 2.36. The van der Waals surface area contributed by atoms with Crippen LogP contribution in [0.2, 0.25) is 0 Å². The van der Waals surface area contributed by atoms with Gasteiger partial charge >= 0.3 is 5.97 Å². The fraction of sp³-hybridized carbons (Fsp3) is 0.200. The lowest BCUT2D eigenvalue weighted by atomic mass is 10.2. The van der Waals surface area contributed by atoms with Crippen LogP contribution in [0.4, 0.5) is 0 Å². The predicted molar refractivity (Wildman–Crippen MR) is 55.6 cm³/mol. The number of imidazole rings is 1. The van der Waals surface area contributed by atoms with Crippen LogP contribution >= 0.6 is 0 Å². The third kappa shape index (κ3) is 1.65. The molecule has 0 atom stereocenters. The van der Waals surface area contributed by atoms with Crippen molar-refractivity contribution < 1.29 is 9.90 Å². The molecule has 0 bridgehead atoms. The number of rotatable bonds is 2. The molecule has 82 valence electrons. The van der Waals surface area contributed by atoms with Gasteiger partial charge in [-0.3, -0.25) is 4.57 Å². The molecule has 0 saturated carbocycles. The summed E-state index contributed by atoms with van der Waals surface area (Å²) in [5.41, 5.74) is 1.75. The number of hydrogen-bond acceptors (Lipinski definition) is 4. The molecule has 0 saturated heterocycles. The summed E-state index contributed by atoms with van der Waals surface area (Å²) in [5.74, 6) is -0.408. The van der Waals surface area contributed by atoms with Crippen molar-refractivity contribution in [2.24, 2.45) is 0 Å². The first-order valence-corrected chi connectivity index (χ1v) is 4.65. The lowest BCUT2D eigenvalue weighted by Crippen LogP contribution is -2.01. The molecule has 6 nitrogen and oxygen atoms in total. The third-order valence-corrected chi connectivity index (χ3v) is 2.36. The van der Waals surface area contributed by atoms with E-state index < -0.39 is 5.97 Å². The van der Waals surface area contributed by atoms with E-state index in [-0.39, 0.29) is 5.69 Å². The normalized spacial score (nSPS) is 10.4. The molecule has 0 spiro atoms. The summed E-state index contributed by atoms with van der Waals surface area (Å²) in [6, 6.07) is 0. The number of carboxylic acid groups (broad SMARTS) is 1. The van der Waals surface area contributed by atoms with Gasteiger partial charge in [-0.05, 0) is 13.8 Å². The Morgan fingerprint density at radius 3 is 2.69 bits per heavy atom. The Morgan fingerprint density at radius 2 is 2.06 bits per heavy atom. The van der Waals surface area contributed by atoms with Gasteiger partial charge in [0.2, 0.25) is 0 Å². The van der Waals surface area contributed by atoms with Crippen molar-refractivity contribution >= 4 is 5.97 Å². The van der Waals surface area contributed by atoms with Gasteiger partial charge < -0.3 is 5.11 Å². The van der Waals surface area contributed by atoms with Crippen LogP contribution in [-0.2, 0) is 0 Å². The molecule has 2 heterocycles. The smallest absolute Gasteiger partial charge is 0.356 e. The molecule has 0 aromatic carbocycles. The fourth-order valence-corrected chi connectivity index (χ4v) is 1.34. The van der Waals surface area contributed by atoms with Gasteiger partial charge in [-0.2, -0.15) is 0 Å². The molecule has 0 aliphatic carbocycles. The topological polar surface area (TPSA) is 80.9 Å². The molecule has 0 fully saturated rings. The maximum atomic E-state index is 10.7. The fourth-order valence-electron chi connectivity index (χ4n) is 1.34. The van der Waals surface area contributed by atoms with Gasteiger partial charge in [-0.15, -0.1) is 0 Å². The largest absolute Gasteiger partial charge is 0.476 e. The zero-order chi connectivity index (χ0) is 11.7. The van der Waals surface area contributed by atoms with E-state index in [0.29, 0.717) is 5.82 Å². The molecular weight excluding hydrogens is 208 g/mol. The number of aromatic carboxylic acids is 1. The summed E-state index contributed by atoms with van der Waals surface area (Å²) in [7, 11) is 0. The molecule has 2 aromatic heterocycles. The Kier molecular flexibility index (Phi) is 2.40. The standard InChI is InChI=1S/C10H10N4O2/c1-6-7(2)11-4-12-9(6)14-3-8(10(15)16)13-5-14/h3-5H,1-2H3,(H,15,16). The average Bonchev–Trinajstić information content (AvgIpc) is 2.71. The molecule has 1 N–H and O–H groups in total. The number of hydrogen-bond donors (Lipinski definition) is 1. The van der Waals surface area contributed by atoms with E-state index in [1.54, 1.807) is 4.57 Å². The summed E-state index contributed by atoms with van der Waals surface area (Å²) in [6.45, 7) is 3.75. The molecular formula is C10H10N4O2. The van der Waals surface area contributed by atoms with Crippen LogP contribution in [0.5, 0.6) is 0 Å². The molecule has 6 heteroatoms. The van der Waals surface area contributed by atoms with Crippen molar-refractivity contribution in [3.8, 4) is 5.82 Å². The Bertz CT molecular complexity index is 548. The van der Waals surface area contributed by atoms with Crippen molar-refractivity contribution in [2.45, 2.75) is 13.8 Å². The molecule has 2 rings (SSSR count). The van der Waals surface area contributed by atoms with Crippen LogP contribution in [-0.4, -0.2) is 30.6 Å². The molecule has 16 heavy (non-hydrogen) atoms. The first kappa shape index (κ1) is 10.3. The molecule has 0 aliphatic rings. The van der Waals surface area contributed by atoms with E-state index in [0.717, 1.165) is 11.3 Å². The summed E-state index contributed by atoms with van der Waals surface area (Å²) in [4.78, 5) is 22.6. The van der Waals surface area contributed by atoms with E-state index >= 15 is 0 Å². The second-order valence-electron chi connectivity index (χ2n) is 3.38. The zero-order valence-electron chi connectivity index (χ0n) is 8.88. The zero-order valence-corrected chi connectivity index (χ0v) is 8.88. The van der Waals surface area contributed by atoms with Crippen molar-refractivity contribution in [1.82, 2.24) is 19.5 Å². The predicted octanol–water partition coefficient (Wildman–Crippen LogP) is 0.977. The van der Waals surface area contributed by atoms with Crippen LogP contribution in [0, 0.1) is 13.8 Å². The SMILES string of the molecule is Cc1ncnc(-n2cnc(C(=O)O)c2)c1C. The lowest BCUT2D eigenvalue weighted by Gasteiger charge is -2.05. The van der Waals surface area contributed by atoms with Crippen LogP contribution < -0.4 is 0 Å². The Morgan fingerprint density at radius 1 is 1.31 bits per heavy atom. The van der Waals surface area contributed by atoms with E-state index in [9.17, 15) is 4.79 Å². The summed E-state index contributed by atoms with van der Waals surface area (Å²) < 4.78 is 1.58. The highest BCUT2D eigenvalue weighted by Gasteiger charge is 2.10. The second kappa shape index (κ2) is 3.73. The minimum absolute atomic E-state index is 0.00401. The molecule has 0 unspecified atom stereocenters. The van der Waals surface area contributed by atoms with E-state index in [2.05, 4.69) is 15.0 Å². The number of aryl methyl sites for hydroxylation is 1. The molecule has 0 aliphatic heterocycles. The van der Waals surface area contributed by atoms with Crippen LogP contribution in [0.1, 0.15) is 21.7 Å². The molecule has 0 radical (unpaired) electrons. The van der Waals surface area contributed by atoms with Gasteiger partial charge in [-0.1, -0.05) is 0 Å². The van der Waals surface area contributed by atoms with Crippen molar-refractivity contribution in [3.63, 3.8) is 0 Å². The van der Waals surface area contributed by atoms with Crippen molar-refractivity contribution in [1.29, 1.82) is 0 Å². The van der Waals surface area contributed by atoms with Gasteiger partial charge in [0, 0.05) is 17.5 Å². The quantitative estimate of drug-likeness (QED) is 0.812. The average molecular weight is 218 g/mol. The number of carbonyl (C=O) groups is 1. The highest BCUT2D eigenvalue weighted by atomic mass is 16.4. The maximum absolute atomic E-state index is 10.7. The van der Waals surface area contributed by atoms with Crippen LogP contribution in [0.25, 0.3) is 5.82 Å². The summed E-state index contributed by atoms with van der Waals surface area (Å²) >= 11 is 0. The first-order chi connectivity index (χ1) is 7.59. The monoisotopic (exact) mass is 218 g/mol.